The highest BCUT2D eigenvalue weighted by Crippen LogP contribution is 2.29. The lowest BCUT2D eigenvalue weighted by Gasteiger charge is -2.31. The molecule has 1 aliphatic heterocycles. The van der Waals surface area contributed by atoms with E-state index >= 15 is 0 Å². The summed E-state index contributed by atoms with van der Waals surface area (Å²) in [6.07, 6.45) is 1.85. The summed E-state index contributed by atoms with van der Waals surface area (Å²) >= 11 is 1.52. The Balaban J connectivity index is 1.39. The molecule has 2 aromatic carbocycles. The largest absolute Gasteiger partial charge is 0.336 e. The van der Waals surface area contributed by atoms with Gasteiger partial charge in [-0.1, -0.05) is 36.4 Å². The number of benzene rings is 2. The predicted octanol–water partition coefficient (Wildman–Crippen LogP) is 5.15. The Morgan fingerprint density at radius 2 is 1.71 bits per heavy atom. The SMILES string of the molecule is O=C(c1nc(-c2cccs2)n(-c2ccc(F)cc2)n1)N1CCC(c2ccccc2)CC1. The number of hydrogen-bond donors (Lipinski definition) is 0. The molecule has 0 atom stereocenters. The molecule has 7 heteroatoms. The number of carbonyl (C=O) groups is 1. The first-order valence-electron chi connectivity index (χ1n) is 10.3. The second-order valence-corrected chi connectivity index (χ2v) is 8.55. The Hall–Kier alpha value is -3.32. The van der Waals surface area contributed by atoms with Crippen LogP contribution in [-0.2, 0) is 0 Å². The van der Waals surface area contributed by atoms with E-state index < -0.39 is 0 Å². The van der Waals surface area contributed by atoms with E-state index in [0.717, 1.165) is 17.7 Å². The van der Waals surface area contributed by atoms with Crippen molar-refractivity contribution in [3.63, 3.8) is 0 Å². The number of hydrogen-bond acceptors (Lipinski definition) is 4. The van der Waals surface area contributed by atoms with Gasteiger partial charge in [-0.15, -0.1) is 16.4 Å². The maximum Gasteiger partial charge on any atom is 0.293 e. The van der Waals surface area contributed by atoms with Crippen molar-refractivity contribution in [3.8, 4) is 16.4 Å². The van der Waals surface area contributed by atoms with Gasteiger partial charge in [-0.25, -0.2) is 14.1 Å². The minimum absolute atomic E-state index is 0.162. The number of aromatic nitrogens is 3. The Morgan fingerprint density at radius 3 is 2.39 bits per heavy atom. The summed E-state index contributed by atoms with van der Waals surface area (Å²) < 4.78 is 15.0. The number of piperidine rings is 1. The molecular weight excluding hydrogens is 411 g/mol. The summed E-state index contributed by atoms with van der Waals surface area (Å²) in [5, 5.41) is 6.47. The van der Waals surface area contributed by atoms with Gasteiger partial charge >= 0.3 is 0 Å². The van der Waals surface area contributed by atoms with Crippen LogP contribution in [0.5, 0.6) is 0 Å². The minimum atomic E-state index is -0.320. The van der Waals surface area contributed by atoms with E-state index in [0.29, 0.717) is 30.5 Å². The summed E-state index contributed by atoms with van der Waals surface area (Å²) in [5.74, 6) is 0.746. The summed E-state index contributed by atoms with van der Waals surface area (Å²) in [7, 11) is 0. The van der Waals surface area contributed by atoms with Crippen LogP contribution in [0, 0.1) is 5.82 Å². The molecule has 1 amide bonds. The molecule has 5 nitrogen and oxygen atoms in total. The Morgan fingerprint density at radius 1 is 0.968 bits per heavy atom. The van der Waals surface area contributed by atoms with E-state index in [4.69, 9.17) is 0 Å². The first-order chi connectivity index (χ1) is 15.2. The van der Waals surface area contributed by atoms with Crippen LogP contribution in [0.1, 0.15) is 34.9 Å². The number of likely N-dealkylation sites (tertiary alicyclic amines) is 1. The smallest absolute Gasteiger partial charge is 0.293 e. The van der Waals surface area contributed by atoms with Gasteiger partial charge in [0.05, 0.1) is 10.6 Å². The monoisotopic (exact) mass is 432 g/mol. The van der Waals surface area contributed by atoms with Crippen molar-refractivity contribution in [2.75, 3.05) is 13.1 Å². The molecule has 156 valence electrons. The fourth-order valence-electron chi connectivity index (χ4n) is 4.01. The number of thiophene rings is 1. The molecule has 0 aliphatic carbocycles. The Kier molecular flexibility index (Phi) is 5.34. The van der Waals surface area contributed by atoms with Gasteiger partial charge in [0.15, 0.2) is 5.82 Å². The van der Waals surface area contributed by atoms with E-state index in [1.807, 2.05) is 28.5 Å². The van der Waals surface area contributed by atoms with Gasteiger partial charge < -0.3 is 4.90 Å². The Labute approximate surface area is 183 Å². The van der Waals surface area contributed by atoms with E-state index in [-0.39, 0.29) is 17.5 Å². The van der Waals surface area contributed by atoms with Crippen molar-refractivity contribution in [1.29, 1.82) is 0 Å². The maximum atomic E-state index is 13.4. The van der Waals surface area contributed by atoms with Gasteiger partial charge in [-0.2, -0.15) is 0 Å². The fraction of sp³-hybridized carbons (Fsp3) is 0.208. The molecule has 0 unspecified atom stereocenters. The molecule has 31 heavy (non-hydrogen) atoms. The van der Waals surface area contributed by atoms with Gasteiger partial charge in [-0.3, -0.25) is 4.79 Å². The van der Waals surface area contributed by atoms with Gasteiger partial charge in [0.1, 0.15) is 5.82 Å². The average molecular weight is 433 g/mol. The normalized spacial score (nSPS) is 14.7. The molecule has 3 heterocycles. The molecule has 0 spiro atoms. The van der Waals surface area contributed by atoms with Crippen molar-refractivity contribution in [2.45, 2.75) is 18.8 Å². The molecule has 1 fully saturated rings. The standard InChI is InChI=1S/C24H21FN4OS/c25-19-8-10-20(11-9-19)29-23(21-7-4-16-31-21)26-22(27-29)24(30)28-14-12-18(13-15-28)17-5-2-1-3-6-17/h1-11,16,18H,12-15H2. The van der Waals surface area contributed by atoms with Crippen LogP contribution in [0.15, 0.2) is 72.1 Å². The number of halogens is 1. The first kappa shape index (κ1) is 19.6. The zero-order valence-electron chi connectivity index (χ0n) is 16.8. The highest BCUT2D eigenvalue weighted by molar-refractivity contribution is 7.13. The third-order valence-electron chi connectivity index (χ3n) is 5.66. The molecule has 1 aliphatic rings. The molecule has 0 saturated carbocycles. The number of rotatable bonds is 4. The maximum absolute atomic E-state index is 13.4. The van der Waals surface area contributed by atoms with Crippen LogP contribution in [0.3, 0.4) is 0 Å². The van der Waals surface area contributed by atoms with Crippen molar-refractivity contribution >= 4 is 17.2 Å². The van der Waals surface area contributed by atoms with Crippen LogP contribution < -0.4 is 0 Å². The van der Waals surface area contributed by atoms with Crippen LogP contribution in [0.25, 0.3) is 16.4 Å². The number of carbonyl (C=O) groups excluding carboxylic acids is 1. The molecule has 4 aromatic rings. The van der Waals surface area contributed by atoms with Crippen molar-refractivity contribution in [1.82, 2.24) is 19.7 Å². The lowest BCUT2D eigenvalue weighted by Crippen LogP contribution is -2.38. The van der Waals surface area contributed by atoms with E-state index in [1.54, 1.807) is 16.8 Å². The second-order valence-electron chi connectivity index (χ2n) is 7.60. The predicted molar refractivity (Wildman–Crippen MR) is 119 cm³/mol. The highest BCUT2D eigenvalue weighted by Gasteiger charge is 2.28. The number of amides is 1. The molecular formula is C24H21FN4OS. The zero-order chi connectivity index (χ0) is 21.2. The molecule has 0 radical (unpaired) electrons. The lowest BCUT2D eigenvalue weighted by molar-refractivity contribution is 0.0700. The molecule has 0 bridgehead atoms. The third-order valence-corrected chi connectivity index (χ3v) is 6.53. The summed E-state index contributed by atoms with van der Waals surface area (Å²) in [6, 6.07) is 20.4. The number of nitrogens with zero attached hydrogens (tertiary/aromatic N) is 4. The van der Waals surface area contributed by atoms with E-state index in [2.05, 4.69) is 34.3 Å². The second kappa shape index (κ2) is 8.43. The van der Waals surface area contributed by atoms with Crippen molar-refractivity contribution in [3.05, 3.63) is 89.3 Å². The van der Waals surface area contributed by atoms with Crippen LogP contribution in [0.4, 0.5) is 4.39 Å². The topological polar surface area (TPSA) is 51.0 Å². The Bertz CT molecular complexity index is 1160. The van der Waals surface area contributed by atoms with E-state index in [9.17, 15) is 9.18 Å². The van der Waals surface area contributed by atoms with Gasteiger partial charge in [0.2, 0.25) is 5.82 Å². The zero-order valence-corrected chi connectivity index (χ0v) is 17.6. The fourth-order valence-corrected chi connectivity index (χ4v) is 4.71. The molecule has 5 rings (SSSR count). The van der Waals surface area contributed by atoms with Crippen LogP contribution >= 0.6 is 11.3 Å². The van der Waals surface area contributed by atoms with E-state index in [1.165, 1.54) is 29.0 Å². The van der Waals surface area contributed by atoms with Gasteiger partial charge in [0.25, 0.3) is 5.91 Å². The van der Waals surface area contributed by atoms with Crippen molar-refractivity contribution in [2.24, 2.45) is 0 Å². The van der Waals surface area contributed by atoms with Crippen molar-refractivity contribution < 1.29 is 9.18 Å². The summed E-state index contributed by atoms with van der Waals surface area (Å²) in [5.41, 5.74) is 1.99. The molecule has 0 N–H and O–H groups in total. The first-order valence-corrected chi connectivity index (χ1v) is 11.2. The highest BCUT2D eigenvalue weighted by atomic mass is 32.1. The quantitative estimate of drug-likeness (QED) is 0.448. The van der Waals surface area contributed by atoms with Crippen LogP contribution in [0.2, 0.25) is 0 Å². The summed E-state index contributed by atoms with van der Waals surface area (Å²) in [6.45, 7) is 1.36. The van der Waals surface area contributed by atoms with Crippen LogP contribution in [-0.4, -0.2) is 38.7 Å². The molecule has 1 saturated heterocycles. The lowest BCUT2D eigenvalue weighted by atomic mass is 9.89. The molecule has 2 aromatic heterocycles. The third kappa shape index (κ3) is 4.01. The van der Waals surface area contributed by atoms with Gasteiger partial charge in [0, 0.05) is 13.1 Å². The average Bonchev–Trinajstić information content (AvgIpc) is 3.50. The summed E-state index contributed by atoms with van der Waals surface area (Å²) in [4.78, 5) is 20.5. The van der Waals surface area contributed by atoms with Gasteiger partial charge in [-0.05, 0) is 60.0 Å². The minimum Gasteiger partial charge on any atom is -0.336 e.